The molecule has 0 fully saturated rings. The first-order valence-corrected chi connectivity index (χ1v) is 20.8. The number of thiophene rings is 1. The summed E-state index contributed by atoms with van der Waals surface area (Å²) in [5, 5.41) is 2.64. The molecule has 0 spiro atoms. The largest absolute Gasteiger partial charge is 0.310 e. The van der Waals surface area contributed by atoms with Crippen LogP contribution in [0.15, 0.2) is 182 Å². The van der Waals surface area contributed by atoms with Crippen molar-refractivity contribution in [2.75, 3.05) is 4.90 Å². The molecule has 0 unspecified atom stereocenters. The van der Waals surface area contributed by atoms with E-state index in [1.54, 1.807) is 0 Å². The van der Waals surface area contributed by atoms with Crippen LogP contribution in [0, 0.1) is 0 Å². The van der Waals surface area contributed by atoms with E-state index in [2.05, 4.69) is 222 Å². The van der Waals surface area contributed by atoms with Crippen molar-refractivity contribution < 1.29 is 0 Å². The molecule has 1 aliphatic carbocycles. The van der Waals surface area contributed by atoms with Gasteiger partial charge in [-0.1, -0.05) is 168 Å². The first-order valence-electron chi connectivity index (χ1n) is 20.0. The van der Waals surface area contributed by atoms with Crippen LogP contribution in [-0.4, -0.2) is 0 Å². The van der Waals surface area contributed by atoms with E-state index in [0.717, 1.165) is 17.1 Å². The standard InChI is InChI=1S/C55H45NS/c1-54(2,3)41-26-30-45-48-33-39(25-31-49(48)55(4,5)50(45)35-41)37-22-27-42(28-23-37)56(43-17-13-16-38(32-43)36-14-7-6-8-15-36)51-20-11-9-18-44(51)40-24-29-47-46-19-10-12-21-52(46)57-53(47)34-40/h6-35H,1-5H3. The Morgan fingerprint density at radius 2 is 1.09 bits per heavy atom. The van der Waals surface area contributed by atoms with Gasteiger partial charge in [-0.2, -0.15) is 0 Å². The molecule has 0 aliphatic heterocycles. The van der Waals surface area contributed by atoms with E-state index >= 15 is 0 Å². The highest BCUT2D eigenvalue weighted by Crippen LogP contribution is 2.51. The first kappa shape index (κ1) is 35.2. The number of anilines is 3. The van der Waals surface area contributed by atoms with Crippen LogP contribution < -0.4 is 4.90 Å². The monoisotopic (exact) mass is 751 g/mol. The molecule has 276 valence electrons. The average molecular weight is 752 g/mol. The normalized spacial score (nSPS) is 13.1. The van der Waals surface area contributed by atoms with Crippen LogP contribution in [0.1, 0.15) is 51.3 Å². The Hall–Kier alpha value is -6.22. The maximum absolute atomic E-state index is 2.45. The first-order chi connectivity index (χ1) is 27.6. The van der Waals surface area contributed by atoms with E-state index in [1.807, 2.05) is 11.3 Å². The summed E-state index contributed by atoms with van der Waals surface area (Å²) in [6, 6.07) is 67.5. The molecule has 1 nitrogen and oxygen atoms in total. The van der Waals surface area contributed by atoms with Crippen LogP contribution in [0.4, 0.5) is 17.1 Å². The summed E-state index contributed by atoms with van der Waals surface area (Å²) in [6.07, 6.45) is 0. The molecule has 0 bridgehead atoms. The summed E-state index contributed by atoms with van der Waals surface area (Å²) in [4.78, 5) is 2.43. The third-order valence-electron chi connectivity index (χ3n) is 12.0. The van der Waals surface area contributed by atoms with Crippen molar-refractivity contribution in [3.8, 4) is 44.5 Å². The fraction of sp³-hybridized carbons (Fsp3) is 0.127. The summed E-state index contributed by atoms with van der Waals surface area (Å²) >= 11 is 1.87. The minimum absolute atomic E-state index is 0.0437. The molecule has 2 heteroatoms. The molecule has 0 atom stereocenters. The van der Waals surface area contributed by atoms with Crippen molar-refractivity contribution in [3.63, 3.8) is 0 Å². The molecule has 9 aromatic rings. The molecule has 57 heavy (non-hydrogen) atoms. The molecular formula is C55H45NS. The van der Waals surface area contributed by atoms with Crippen molar-refractivity contribution in [1.82, 2.24) is 0 Å². The molecule has 0 amide bonds. The zero-order chi connectivity index (χ0) is 38.9. The van der Waals surface area contributed by atoms with Crippen LogP contribution in [-0.2, 0) is 10.8 Å². The fourth-order valence-corrected chi connectivity index (χ4v) is 10.0. The Balaban J connectivity index is 1.08. The number of nitrogens with zero attached hydrogens (tertiary/aromatic N) is 1. The van der Waals surface area contributed by atoms with Crippen LogP contribution >= 0.6 is 11.3 Å². The quantitative estimate of drug-likeness (QED) is 0.164. The number of rotatable bonds is 6. The lowest BCUT2D eigenvalue weighted by atomic mass is 9.79. The Kier molecular flexibility index (Phi) is 8.32. The third kappa shape index (κ3) is 6.07. The summed E-state index contributed by atoms with van der Waals surface area (Å²) in [7, 11) is 0. The second-order valence-electron chi connectivity index (χ2n) is 17.0. The number of benzene rings is 8. The predicted octanol–water partition coefficient (Wildman–Crippen LogP) is 16.1. The van der Waals surface area contributed by atoms with Gasteiger partial charge in [0.25, 0.3) is 0 Å². The number of hydrogen-bond acceptors (Lipinski definition) is 2. The topological polar surface area (TPSA) is 3.24 Å². The van der Waals surface area contributed by atoms with Gasteiger partial charge in [0.15, 0.2) is 0 Å². The molecule has 0 radical (unpaired) electrons. The summed E-state index contributed by atoms with van der Waals surface area (Å²) in [5.74, 6) is 0. The minimum Gasteiger partial charge on any atom is -0.310 e. The van der Waals surface area contributed by atoms with Crippen LogP contribution in [0.5, 0.6) is 0 Å². The lowest BCUT2D eigenvalue weighted by Crippen LogP contribution is -2.17. The Bertz CT molecular complexity index is 2960. The van der Waals surface area contributed by atoms with Gasteiger partial charge in [0.05, 0.1) is 5.69 Å². The SMILES string of the molecule is CC(C)(C)c1ccc2c(c1)C(C)(C)c1ccc(-c3ccc(N(c4cccc(-c5ccccc5)c4)c4ccccc4-c4ccc5c(c4)sc4ccccc45)cc3)cc1-2. The molecule has 0 saturated carbocycles. The van der Waals surface area contributed by atoms with E-state index in [4.69, 9.17) is 0 Å². The summed E-state index contributed by atoms with van der Waals surface area (Å²) in [5.41, 5.74) is 17.6. The maximum atomic E-state index is 2.45. The zero-order valence-corrected chi connectivity index (χ0v) is 34.0. The molecule has 1 aliphatic rings. The number of hydrogen-bond donors (Lipinski definition) is 0. The third-order valence-corrected chi connectivity index (χ3v) is 13.2. The predicted molar refractivity (Wildman–Crippen MR) is 247 cm³/mol. The van der Waals surface area contributed by atoms with Crippen LogP contribution in [0.3, 0.4) is 0 Å². The fourth-order valence-electron chi connectivity index (χ4n) is 8.89. The molecule has 0 N–H and O–H groups in total. The second-order valence-corrected chi connectivity index (χ2v) is 18.1. The van der Waals surface area contributed by atoms with Crippen molar-refractivity contribution >= 4 is 48.6 Å². The van der Waals surface area contributed by atoms with Crippen LogP contribution in [0.2, 0.25) is 0 Å². The second kappa shape index (κ2) is 13.5. The van der Waals surface area contributed by atoms with Gasteiger partial charge in [0.1, 0.15) is 0 Å². The van der Waals surface area contributed by atoms with Gasteiger partial charge in [0, 0.05) is 42.5 Å². The Morgan fingerprint density at radius 3 is 1.91 bits per heavy atom. The van der Waals surface area contributed by atoms with Crippen molar-refractivity contribution in [1.29, 1.82) is 0 Å². The van der Waals surface area contributed by atoms with Gasteiger partial charge in [-0.15, -0.1) is 11.3 Å². The van der Waals surface area contributed by atoms with Gasteiger partial charge in [-0.05, 0) is 110 Å². The maximum Gasteiger partial charge on any atom is 0.0540 e. The van der Waals surface area contributed by atoms with E-state index in [1.165, 1.54) is 81.4 Å². The molecule has 0 saturated heterocycles. The Labute approximate surface area is 340 Å². The van der Waals surface area contributed by atoms with Gasteiger partial charge in [-0.25, -0.2) is 0 Å². The van der Waals surface area contributed by atoms with E-state index < -0.39 is 0 Å². The number of fused-ring (bicyclic) bond motifs is 6. The van der Waals surface area contributed by atoms with Crippen molar-refractivity contribution in [3.05, 3.63) is 199 Å². The highest BCUT2D eigenvalue weighted by Gasteiger charge is 2.36. The van der Waals surface area contributed by atoms with Gasteiger partial charge in [0.2, 0.25) is 0 Å². The highest BCUT2D eigenvalue weighted by atomic mass is 32.1. The van der Waals surface area contributed by atoms with E-state index in [0.29, 0.717) is 0 Å². The van der Waals surface area contributed by atoms with Crippen LogP contribution in [0.25, 0.3) is 64.7 Å². The molecule has 10 rings (SSSR count). The van der Waals surface area contributed by atoms with Crippen molar-refractivity contribution in [2.45, 2.75) is 45.4 Å². The van der Waals surface area contributed by atoms with Gasteiger partial charge in [-0.3, -0.25) is 0 Å². The lowest BCUT2D eigenvalue weighted by molar-refractivity contribution is 0.584. The van der Waals surface area contributed by atoms with E-state index in [-0.39, 0.29) is 10.8 Å². The summed E-state index contributed by atoms with van der Waals surface area (Å²) in [6.45, 7) is 11.7. The van der Waals surface area contributed by atoms with Gasteiger partial charge >= 0.3 is 0 Å². The lowest BCUT2D eigenvalue weighted by Gasteiger charge is -2.28. The van der Waals surface area contributed by atoms with Gasteiger partial charge < -0.3 is 4.90 Å². The smallest absolute Gasteiger partial charge is 0.0540 e. The van der Waals surface area contributed by atoms with E-state index in [9.17, 15) is 0 Å². The molecule has 1 aromatic heterocycles. The summed E-state index contributed by atoms with van der Waals surface area (Å²) < 4.78 is 2.63. The minimum atomic E-state index is -0.0437. The zero-order valence-electron chi connectivity index (χ0n) is 33.2. The highest BCUT2D eigenvalue weighted by molar-refractivity contribution is 7.25. The molecule has 8 aromatic carbocycles. The molecular weight excluding hydrogens is 707 g/mol. The average Bonchev–Trinajstić information content (AvgIpc) is 3.72. The molecule has 1 heterocycles. The Morgan fingerprint density at radius 1 is 0.421 bits per heavy atom. The number of para-hydroxylation sites is 1. The van der Waals surface area contributed by atoms with Crippen molar-refractivity contribution in [2.24, 2.45) is 0 Å².